The summed E-state index contributed by atoms with van der Waals surface area (Å²) in [5.74, 6) is -1.91. The number of piperazine rings is 1. The first-order valence-corrected chi connectivity index (χ1v) is 10.8. The molecule has 1 atom stereocenters. The van der Waals surface area contributed by atoms with E-state index in [0.717, 1.165) is 42.7 Å². The van der Waals surface area contributed by atoms with Gasteiger partial charge in [-0.25, -0.2) is 17.2 Å². The summed E-state index contributed by atoms with van der Waals surface area (Å²) in [4.78, 5) is 12.9. The van der Waals surface area contributed by atoms with E-state index < -0.39 is 26.6 Å². The van der Waals surface area contributed by atoms with Crippen molar-refractivity contribution in [3.8, 4) is 0 Å². The van der Waals surface area contributed by atoms with E-state index in [-0.39, 0.29) is 31.1 Å². The van der Waals surface area contributed by atoms with Gasteiger partial charge in [0.05, 0.1) is 26.2 Å². The van der Waals surface area contributed by atoms with Crippen molar-refractivity contribution in [1.29, 1.82) is 0 Å². The lowest BCUT2D eigenvalue weighted by Crippen LogP contribution is -3.19. The molecule has 0 spiro atoms. The molecule has 2 fully saturated rings. The van der Waals surface area contributed by atoms with Crippen molar-refractivity contribution in [2.45, 2.75) is 49.6 Å². The monoisotopic (exact) mass is 402 g/mol. The summed E-state index contributed by atoms with van der Waals surface area (Å²) in [6.45, 7) is 3.15. The van der Waals surface area contributed by atoms with Crippen LogP contribution in [-0.2, 0) is 14.8 Å². The van der Waals surface area contributed by atoms with E-state index in [0.29, 0.717) is 19.2 Å². The molecular formula is C18H26F2N3O3S+. The Bertz CT molecular complexity index is 789. The van der Waals surface area contributed by atoms with Crippen LogP contribution in [0.5, 0.6) is 0 Å². The zero-order chi connectivity index (χ0) is 19.6. The van der Waals surface area contributed by atoms with Crippen molar-refractivity contribution in [3.05, 3.63) is 29.8 Å². The number of benzene rings is 1. The average molecular weight is 402 g/mol. The summed E-state index contributed by atoms with van der Waals surface area (Å²) in [5, 5.41) is 3.08. The van der Waals surface area contributed by atoms with E-state index in [4.69, 9.17) is 0 Å². The summed E-state index contributed by atoms with van der Waals surface area (Å²) in [5.41, 5.74) is 0. The highest BCUT2D eigenvalue weighted by molar-refractivity contribution is 7.89. The van der Waals surface area contributed by atoms with Gasteiger partial charge in [0.2, 0.25) is 10.0 Å². The van der Waals surface area contributed by atoms with Gasteiger partial charge in [0, 0.05) is 12.1 Å². The predicted molar refractivity (Wildman–Crippen MR) is 95.7 cm³/mol. The van der Waals surface area contributed by atoms with Gasteiger partial charge in [0.1, 0.15) is 16.5 Å². The van der Waals surface area contributed by atoms with Gasteiger partial charge < -0.3 is 10.2 Å². The molecule has 1 heterocycles. The van der Waals surface area contributed by atoms with E-state index in [1.807, 2.05) is 6.92 Å². The summed E-state index contributed by atoms with van der Waals surface area (Å²) in [7, 11) is -4.02. The third-order valence-corrected chi connectivity index (χ3v) is 7.52. The molecule has 1 saturated carbocycles. The molecule has 1 aliphatic carbocycles. The van der Waals surface area contributed by atoms with Crippen LogP contribution < -0.4 is 10.2 Å². The minimum absolute atomic E-state index is 0.00205. The first-order chi connectivity index (χ1) is 12.8. The van der Waals surface area contributed by atoms with Gasteiger partial charge in [-0.15, -0.1) is 0 Å². The van der Waals surface area contributed by atoms with Crippen LogP contribution in [-0.4, -0.2) is 56.9 Å². The molecule has 0 radical (unpaired) electrons. The Morgan fingerprint density at radius 3 is 2.44 bits per heavy atom. The minimum atomic E-state index is -4.02. The van der Waals surface area contributed by atoms with E-state index in [1.54, 1.807) is 0 Å². The number of hydrogen-bond acceptors (Lipinski definition) is 3. The normalized spacial score (nSPS) is 21.3. The molecule has 0 aromatic heterocycles. The van der Waals surface area contributed by atoms with Crippen LogP contribution in [0.4, 0.5) is 8.78 Å². The summed E-state index contributed by atoms with van der Waals surface area (Å²) in [6, 6.07) is 2.45. The molecule has 3 rings (SSSR count). The third-order valence-electron chi connectivity index (χ3n) is 5.58. The Balaban J connectivity index is 1.59. The molecule has 1 aromatic carbocycles. The second-order valence-corrected chi connectivity index (χ2v) is 9.26. The van der Waals surface area contributed by atoms with E-state index in [2.05, 4.69) is 5.32 Å². The maximum atomic E-state index is 13.9. The second-order valence-electron chi connectivity index (χ2n) is 7.35. The Morgan fingerprint density at radius 1 is 1.22 bits per heavy atom. The number of sulfonamides is 1. The number of carbonyl (C=O) groups is 1. The number of amides is 1. The Kier molecular flexibility index (Phi) is 6.12. The van der Waals surface area contributed by atoms with Gasteiger partial charge in [-0.05, 0) is 31.9 Å². The van der Waals surface area contributed by atoms with E-state index in [9.17, 15) is 22.0 Å². The number of carbonyl (C=O) groups excluding carboxylic acids is 1. The average Bonchev–Trinajstić information content (AvgIpc) is 3.14. The van der Waals surface area contributed by atoms with Crippen LogP contribution in [0.3, 0.4) is 0 Å². The number of quaternary nitrogens is 1. The van der Waals surface area contributed by atoms with Crippen LogP contribution in [0.2, 0.25) is 0 Å². The fourth-order valence-corrected chi connectivity index (χ4v) is 5.34. The Morgan fingerprint density at radius 2 is 1.85 bits per heavy atom. The van der Waals surface area contributed by atoms with Crippen molar-refractivity contribution in [2.24, 2.45) is 0 Å². The minimum Gasteiger partial charge on any atom is -0.348 e. The number of halogens is 2. The summed E-state index contributed by atoms with van der Waals surface area (Å²) < 4.78 is 53.4. The van der Waals surface area contributed by atoms with Gasteiger partial charge in [0.15, 0.2) is 6.04 Å². The smallest absolute Gasteiger partial charge is 0.278 e. The van der Waals surface area contributed by atoms with E-state index >= 15 is 0 Å². The molecule has 2 aliphatic rings. The zero-order valence-corrected chi connectivity index (χ0v) is 16.2. The quantitative estimate of drug-likeness (QED) is 0.744. The molecule has 1 aromatic rings. The van der Waals surface area contributed by atoms with Crippen LogP contribution in [0, 0.1) is 11.6 Å². The molecule has 0 unspecified atom stereocenters. The molecule has 1 saturated heterocycles. The van der Waals surface area contributed by atoms with Crippen molar-refractivity contribution in [3.63, 3.8) is 0 Å². The molecular weight excluding hydrogens is 376 g/mol. The molecule has 0 bridgehead atoms. The molecule has 9 heteroatoms. The number of nitrogens with one attached hydrogen (secondary N) is 2. The van der Waals surface area contributed by atoms with Crippen molar-refractivity contribution in [2.75, 3.05) is 26.2 Å². The number of hydrogen-bond donors (Lipinski definition) is 2. The van der Waals surface area contributed by atoms with Crippen molar-refractivity contribution in [1.82, 2.24) is 9.62 Å². The molecule has 27 heavy (non-hydrogen) atoms. The molecule has 1 aliphatic heterocycles. The molecule has 150 valence electrons. The Hall–Kier alpha value is -1.58. The predicted octanol–water partition coefficient (Wildman–Crippen LogP) is 0.301. The molecule has 6 nitrogen and oxygen atoms in total. The maximum absolute atomic E-state index is 13.9. The van der Waals surface area contributed by atoms with E-state index in [1.165, 1.54) is 4.31 Å². The highest BCUT2D eigenvalue weighted by Crippen LogP contribution is 2.20. The summed E-state index contributed by atoms with van der Waals surface area (Å²) >= 11 is 0. The maximum Gasteiger partial charge on any atom is 0.278 e. The number of rotatable bonds is 5. The van der Waals surface area contributed by atoms with Crippen LogP contribution >= 0.6 is 0 Å². The van der Waals surface area contributed by atoms with Gasteiger partial charge in [-0.1, -0.05) is 12.8 Å². The topological polar surface area (TPSA) is 70.9 Å². The second kappa shape index (κ2) is 8.20. The fourth-order valence-electron chi connectivity index (χ4n) is 3.85. The fraction of sp³-hybridized carbons (Fsp3) is 0.611. The van der Waals surface area contributed by atoms with Gasteiger partial charge in [0.25, 0.3) is 5.91 Å². The summed E-state index contributed by atoms with van der Waals surface area (Å²) in [6.07, 6.45) is 4.32. The molecule has 2 N–H and O–H groups in total. The first-order valence-electron chi connectivity index (χ1n) is 9.39. The third kappa shape index (κ3) is 4.47. The van der Waals surface area contributed by atoms with Crippen LogP contribution in [0.15, 0.2) is 23.1 Å². The zero-order valence-electron chi connectivity index (χ0n) is 15.4. The van der Waals surface area contributed by atoms with Crippen LogP contribution in [0.25, 0.3) is 0 Å². The highest BCUT2D eigenvalue weighted by atomic mass is 32.2. The Labute approximate surface area is 158 Å². The SMILES string of the molecule is C[C@H](C(=O)NC1CCCC1)[NH+]1CCN(S(=O)(=O)c2ccc(F)cc2F)CC1. The van der Waals surface area contributed by atoms with Crippen LogP contribution in [0.1, 0.15) is 32.6 Å². The highest BCUT2D eigenvalue weighted by Gasteiger charge is 2.36. The largest absolute Gasteiger partial charge is 0.348 e. The van der Waals surface area contributed by atoms with Gasteiger partial charge in [-0.3, -0.25) is 4.79 Å². The number of nitrogens with zero attached hydrogens (tertiary/aromatic N) is 1. The van der Waals surface area contributed by atoms with Gasteiger partial charge >= 0.3 is 0 Å². The lowest BCUT2D eigenvalue weighted by molar-refractivity contribution is -0.917. The van der Waals surface area contributed by atoms with Crippen molar-refractivity contribution >= 4 is 15.9 Å². The van der Waals surface area contributed by atoms with Gasteiger partial charge in [-0.2, -0.15) is 4.31 Å². The standard InChI is InChI=1S/C18H25F2N3O3S/c1-13(18(24)21-15-4-2-3-5-15)22-8-10-23(11-9-22)27(25,26)17-7-6-14(19)12-16(17)20/h6-7,12-13,15H,2-5,8-11H2,1H3,(H,21,24)/p+1/t13-/m1/s1. The first kappa shape index (κ1) is 20.2. The lowest BCUT2D eigenvalue weighted by atomic mass is 10.2. The van der Waals surface area contributed by atoms with Crippen molar-refractivity contribution < 1.29 is 26.9 Å². The molecule has 1 amide bonds. The lowest BCUT2D eigenvalue weighted by Gasteiger charge is -2.34.